The first-order chi connectivity index (χ1) is 10.3. The first kappa shape index (κ1) is 13.7. The molecule has 0 atom stereocenters. The molecule has 0 amide bonds. The molecule has 1 aromatic heterocycles. The van der Waals surface area contributed by atoms with Gasteiger partial charge in [-0.1, -0.05) is 35.5 Å². The molecule has 5 nitrogen and oxygen atoms in total. The highest BCUT2D eigenvalue weighted by atomic mass is 15.4. The van der Waals surface area contributed by atoms with E-state index >= 15 is 0 Å². The number of aryl methyl sites for hydroxylation is 1. The molecule has 0 aliphatic carbocycles. The Balaban J connectivity index is 1.52. The minimum atomic E-state index is 0.779. The Morgan fingerprint density at radius 1 is 1.14 bits per heavy atom. The largest absolute Gasteiger partial charge is 0.349 e. The first-order valence-corrected chi connectivity index (χ1v) is 7.16. The van der Waals surface area contributed by atoms with Crippen LogP contribution in [0.3, 0.4) is 0 Å². The van der Waals surface area contributed by atoms with Gasteiger partial charge in [0.1, 0.15) is 0 Å². The Morgan fingerprint density at radius 2 is 2.00 bits per heavy atom. The van der Waals surface area contributed by atoms with Crippen molar-refractivity contribution in [1.82, 2.24) is 24.8 Å². The zero-order valence-corrected chi connectivity index (χ0v) is 12.2. The van der Waals surface area contributed by atoms with Gasteiger partial charge in [0, 0.05) is 26.0 Å². The van der Waals surface area contributed by atoms with Gasteiger partial charge >= 0.3 is 0 Å². The summed E-state index contributed by atoms with van der Waals surface area (Å²) >= 11 is 0. The Morgan fingerprint density at radius 3 is 2.76 bits per heavy atom. The van der Waals surface area contributed by atoms with E-state index in [1.165, 1.54) is 11.3 Å². The molecule has 2 heterocycles. The van der Waals surface area contributed by atoms with Gasteiger partial charge in [0.2, 0.25) is 6.67 Å². The molecule has 0 unspecified atom stereocenters. The van der Waals surface area contributed by atoms with Crippen molar-refractivity contribution in [3.05, 3.63) is 66.9 Å². The maximum Gasteiger partial charge on any atom is 0.207 e. The second-order valence-corrected chi connectivity index (χ2v) is 5.17. The monoisotopic (exact) mass is 281 g/mol. The van der Waals surface area contributed by atoms with Gasteiger partial charge in [-0.25, -0.2) is 4.68 Å². The number of nitrogens with zero attached hydrogens (tertiary/aromatic N) is 5. The normalized spacial score (nSPS) is 14.1. The van der Waals surface area contributed by atoms with Crippen molar-refractivity contribution in [2.75, 3.05) is 13.6 Å². The molecule has 3 rings (SSSR count). The van der Waals surface area contributed by atoms with Crippen LogP contribution in [0.15, 0.2) is 48.9 Å². The molecule has 0 N–H and O–H groups in total. The van der Waals surface area contributed by atoms with Crippen LogP contribution in [0.2, 0.25) is 0 Å². The van der Waals surface area contributed by atoms with Crippen molar-refractivity contribution in [3.63, 3.8) is 0 Å². The van der Waals surface area contributed by atoms with E-state index < -0.39 is 0 Å². The molecule has 0 bridgehead atoms. The van der Waals surface area contributed by atoms with Gasteiger partial charge in [-0.15, -0.1) is 5.10 Å². The quantitative estimate of drug-likeness (QED) is 0.811. The van der Waals surface area contributed by atoms with Crippen LogP contribution in [0.4, 0.5) is 0 Å². The fourth-order valence-electron chi connectivity index (χ4n) is 2.37. The summed E-state index contributed by atoms with van der Waals surface area (Å²) in [6.45, 7) is 4.94. The van der Waals surface area contributed by atoms with Crippen LogP contribution < -0.4 is 0 Å². The number of benzene rings is 1. The lowest BCUT2D eigenvalue weighted by Crippen LogP contribution is -2.18. The number of hydrogen-bond acceptors (Lipinski definition) is 4. The summed E-state index contributed by atoms with van der Waals surface area (Å²) in [5.74, 6) is 0. The minimum Gasteiger partial charge on any atom is -0.349 e. The number of hydrogen-bond donors (Lipinski definition) is 0. The Bertz CT molecular complexity index is 590. The third kappa shape index (κ3) is 3.62. The zero-order chi connectivity index (χ0) is 14.5. The van der Waals surface area contributed by atoms with Crippen LogP contribution in [0, 0.1) is 6.67 Å². The molecular formula is C16H19N5. The SMILES string of the molecule is CN1[C]N(CCCc2cnnn2Cc2ccccc2)C=C1. The van der Waals surface area contributed by atoms with Crippen LogP contribution in [-0.4, -0.2) is 38.4 Å². The molecule has 108 valence electrons. The maximum atomic E-state index is 4.19. The van der Waals surface area contributed by atoms with Crippen LogP contribution in [0.5, 0.6) is 0 Å². The van der Waals surface area contributed by atoms with E-state index in [-0.39, 0.29) is 0 Å². The summed E-state index contributed by atoms with van der Waals surface area (Å²) < 4.78 is 1.98. The molecule has 2 aromatic rings. The molecule has 1 aromatic carbocycles. The summed E-state index contributed by atoms with van der Waals surface area (Å²) in [7, 11) is 1.98. The van der Waals surface area contributed by atoms with E-state index in [9.17, 15) is 0 Å². The molecule has 1 aliphatic rings. The van der Waals surface area contributed by atoms with Crippen molar-refractivity contribution < 1.29 is 0 Å². The molecule has 0 saturated heterocycles. The molecule has 1 aliphatic heterocycles. The smallest absolute Gasteiger partial charge is 0.207 e. The topological polar surface area (TPSA) is 37.2 Å². The number of rotatable bonds is 6. The summed E-state index contributed by atoms with van der Waals surface area (Å²) in [6, 6.07) is 10.3. The molecule has 21 heavy (non-hydrogen) atoms. The van der Waals surface area contributed by atoms with Crippen molar-refractivity contribution >= 4 is 0 Å². The molecule has 5 heteroatoms. The predicted molar refractivity (Wildman–Crippen MR) is 80.7 cm³/mol. The van der Waals surface area contributed by atoms with Crippen molar-refractivity contribution in [1.29, 1.82) is 0 Å². The Hall–Kier alpha value is -2.30. The predicted octanol–water partition coefficient (Wildman–Crippen LogP) is 1.97. The fourth-order valence-corrected chi connectivity index (χ4v) is 2.37. The van der Waals surface area contributed by atoms with E-state index in [1.807, 2.05) is 53.4 Å². The molecular weight excluding hydrogens is 262 g/mol. The van der Waals surface area contributed by atoms with Gasteiger partial charge in [-0.3, -0.25) is 0 Å². The maximum absolute atomic E-state index is 4.19. The average molecular weight is 281 g/mol. The van der Waals surface area contributed by atoms with Gasteiger partial charge in [0.05, 0.1) is 18.4 Å². The second kappa shape index (κ2) is 6.43. The van der Waals surface area contributed by atoms with Gasteiger partial charge < -0.3 is 9.80 Å². The molecule has 0 spiro atoms. The highest BCUT2D eigenvalue weighted by Crippen LogP contribution is 2.11. The van der Waals surface area contributed by atoms with Crippen molar-refractivity contribution in [2.45, 2.75) is 19.4 Å². The van der Waals surface area contributed by atoms with Crippen LogP contribution in [0.1, 0.15) is 17.7 Å². The summed E-state index contributed by atoms with van der Waals surface area (Å²) in [5, 5.41) is 8.23. The van der Waals surface area contributed by atoms with E-state index in [1.54, 1.807) is 0 Å². The second-order valence-electron chi connectivity index (χ2n) is 5.17. The lowest BCUT2D eigenvalue weighted by molar-refractivity contribution is 0.373. The standard InChI is InChI=1S/C16H19N5/c1-19-10-11-20(14-19)9-5-8-16-12-17-18-21(16)13-15-6-3-2-4-7-15/h2-4,6-7,10-12H,5,8-9,13H2,1H3. The molecule has 0 saturated carbocycles. The Labute approximate surface area is 125 Å². The fraction of sp³-hybridized carbons (Fsp3) is 0.312. The van der Waals surface area contributed by atoms with E-state index in [4.69, 9.17) is 0 Å². The third-order valence-corrected chi connectivity index (χ3v) is 3.46. The highest BCUT2D eigenvalue weighted by Gasteiger charge is 2.11. The van der Waals surface area contributed by atoms with Gasteiger partial charge in [-0.2, -0.15) is 0 Å². The summed E-state index contributed by atoms with van der Waals surface area (Å²) in [5.41, 5.74) is 2.42. The van der Waals surface area contributed by atoms with E-state index in [0.29, 0.717) is 0 Å². The van der Waals surface area contributed by atoms with Crippen LogP contribution in [-0.2, 0) is 13.0 Å². The Kier molecular flexibility index (Phi) is 4.19. The zero-order valence-electron chi connectivity index (χ0n) is 12.2. The average Bonchev–Trinajstić information content (AvgIpc) is 3.10. The highest BCUT2D eigenvalue weighted by molar-refractivity contribution is 5.15. The van der Waals surface area contributed by atoms with Gasteiger partial charge in [0.15, 0.2) is 0 Å². The lowest BCUT2D eigenvalue weighted by Gasteiger charge is -2.15. The van der Waals surface area contributed by atoms with Crippen molar-refractivity contribution in [3.8, 4) is 0 Å². The van der Waals surface area contributed by atoms with Crippen molar-refractivity contribution in [2.24, 2.45) is 0 Å². The third-order valence-electron chi connectivity index (χ3n) is 3.46. The summed E-state index contributed by atoms with van der Waals surface area (Å²) in [6.07, 6.45) is 7.92. The lowest BCUT2D eigenvalue weighted by atomic mass is 10.2. The minimum absolute atomic E-state index is 0.779. The first-order valence-electron chi connectivity index (χ1n) is 7.16. The molecule has 2 radical (unpaired) electrons. The number of aromatic nitrogens is 3. The van der Waals surface area contributed by atoms with Gasteiger partial charge in [-0.05, 0) is 18.4 Å². The van der Waals surface area contributed by atoms with Gasteiger partial charge in [0.25, 0.3) is 0 Å². The molecule has 0 fully saturated rings. The van der Waals surface area contributed by atoms with E-state index in [0.717, 1.165) is 25.9 Å². The van der Waals surface area contributed by atoms with E-state index in [2.05, 4.69) is 34.0 Å². The van der Waals surface area contributed by atoms with Crippen LogP contribution >= 0.6 is 0 Å². The van der Waals surface area contributed by atoms with Crippen LogP contribution in [0.25, 0.3) is 0 Å². The summed E-state index contributed by atoms with van der Waals surface area (Å²) in [4.78, 5) is 4.01.